The molecule has 1 rings (SSSR count). The van der Waals surface area contributed by atoms with E-state index < -0.39 is 23.1 Å². The molecule has 0 bridgehead atoms. The van der Waals surface area contributed by atoms with Crippen molar-refractivity contribution in [2.45, 2.75) is 51.2 Å². The maximum atomic E-state index is 11.4. The summed E-state index contributed by atoms with van der Waals surface area (Å²) in [7, 11) is 0. The maximum Gasteiger partial charge on any atom is 0.408 e. The fourth-order valence-corrected chi connectivity index (χ4v) is 1.46. The second-order valence-electron chi connectivity index (χ2n) is 4.93. The molecule has 5 heteroatoms. The van der Waals surface area contributed by atoms with Crippen LogP contribution in [-0.4, -0.2) is 23.1 Å². The minimum Gasteiger partial charge on any atom is -0.444 e. The first-order valence-corrected chi connectivity index (χ1v) is 5.06. The molecule has 2 amide bonds. The maximum absolute atomic E-state index is 11.4. The Bertz CT molecular complexity index is 277. The second kappa shape index (κ2) is 3.72. The Morgan fingerprint density at radius 3 is 2.13 bits per heavy atom. The predicted molar refractivity (Wildman–Crippen MR) is 55.1 cm³/mol. The van der Waals surface area contributed by atoms with Crippen molar-refractivity contribution in [3.8, 4) is 0 Å². The number of alkyl carbamates (subject to hydrolysis) is 1. The third-order valence-electron chi connectivity index (χ3n) is 2.42. The van der Waals surface area contributed by atoms with Crippen LogP contribution in [0.5, 0.6) is 0 Å². The van der Waals surface area contributed by atoms with Crippen molar-refractivity contribution in [3.63, 3.8) is 0 Å². The van der Waals surface area contributed by atoms with Crippen LogP contribution in [0, 0.1) is 0 Å². The van der Waals surface area contributed by atoms with Crippen LogP contribution in [0.15, 0.2) is 0 Å². The van der Waals surface area contributed by atoms with Gasteiger partial charge in [0.1, 0.15) is 11.1 Å². The van der Waals surface area contributed by atoms with Crippen molar-refractivity contribution in [1.82, 2.24) is 5.32 Å². The van der Waals surface area contributed by atoms with Crippen molar-refractivity contribution in [2.75, 3.05) is 0 Å². The zero-order valence-electron chi connectivity index (χ0n) is 9.42. The lowest BCUT2D eigenvalue weighted by atomic mass is 9.76. The number of ether oxygens (including phenoxy) is 1. The Morgan fingerprint density at radius 1 is 1.33 bits per heavy atom. The average Bonchev–Trinajstić information content (AvgIpc) is 1.92. The fraction of sp³-hybridized carbons (Fsp3) is 0.800. The van der Waals surface area contributed by atoms with Gasteiger partial charge in [0.25, 0.3) is 0 Å². The summed E-state index contributed by atoms with van der Waals surface area (Å²) in [5.74, 6) is -0.486. The molecule has 0 heterocycles. The van der Waals surface area contributed by atoms with E-state index in [9.17, 15) is 9.59 Å². The summed E-state index contributed by atoms with van der Waals surface area (Å²) in [6.07, 6.45) is 1.52. The lowest BCUT2D eigenvalue weighted by Gasteiger charge is -2.39. The molecule has 0 aromatic heterocycles. The Hall–Kier alpha value is -1.26. The van der Waals surface area contributed by atoms with Crippen molar-refractivity contribution < 1.29 is 14.3 Å². The Kier molecular flexibility index (Phi) is 2.93. The number of hydrogen-bond donors (Lipinski definition) is 2. The van der Waals surface area contributed by atoms with Crippen LogP contribution in [0.3, 0.4) is 0 Å². The third kappa shape index (κ3) is 2.84. The molecule has 1 saturated carbocycles. The lowest BCUT2D eigenvalue weighted by molar-refractivity contribution is -0.127. The molecule has 15 heavy (non-hydrogen) atoms. The fourth-order valence-electron chi connectivity index (χ4n) is 1.46. The van der Waals surface area contributed by atoms with E-state index in [2.05, 4.69) is 5.32 Å². The minimum absolute atomic E-state index is 0.486. The summed E-state index contributed by atoms with van der Waals surface area (Å²) >= 11 is 0. The molecular weight excluding hydrogens is 196 g/mol. The van der Waals surface area contributed by atoms with E-state index in [1.165, 1.54) is 0 Å². The molecule has 0 unspecified atom stereocenters. The van der Waals surface area contributed by atoms with Gasteiger partial charge in [-0.15, -0.1) is 0 Å². The van der Waals surface area contributed by atoms with Gasteiger partial charge < -0.3 is 15.8 Å². The first kappa shape index (κ1) is 11.8. The number of nitrogens with two attached hydrogens (primary N) is 1. The molecule has 0 radical (unpaired) electrons. The standard InChI is InChI=1S/C10H18N2O3/c1-9(2,3)15-8(14)12-10(7(11)13)5-4-6-10/h4-6H2,1-3H3,(H2,11,13)(H,12,14). The van der Waals surface area contributed by atoms with Crippen LogP contribution in [-0.2, 0) is 9.53 Å². The number of primary amides is 1. The molecule has 0 spiro atoms. The number of carbonyl (C=O) groups is 2. The monoisotopic (exact) mass is 214 g/mol. The van der Waals surface area contributed by atoms with Gasteiger partial charge in [0.15, 0.2) is 0 Å². The average molecular weight is 214 g/mol. The van der Waals surface area contributed by atoms with Crippen LogP contribution in [0.2, 0.25) is 0 Å². The molecule has 0 aromatic carbocycles. The van der Waals surface area contributed by atoms with E-state index >= 15 is 0 Å². The largest absolute Gasteiger partial charge is 0.444 e. The van der Waals surface area contributed by atoms with Crippen molar-refractivity contribution in [2.24, 2.45) is 5.73 Å². The van der Waals surface area contributed by atoms with E-state index in [0.717, 1.165) is 6.42 Å². The van der Waals surface area contributed by atoms with Crippen molar-refractivity contribution >= 4 is 12.0 Å². The van der Waals surface area contributed by atoms with Crippen molar-refractivity contribution in [3.05, 3.63) is 0 Å². The molecule has 1 aliphatic carbocycles. The number of rotatable bonds is 2. The SMILES string of the molecule is CC(C)(C)OC(=O)NC1(C(N)=O)CCC1. The van der Waals surface area contributed by atoms with Gasteiger partial charge in [-0.25, -0.2) is 4.79 Å². The molecular formula is C10H18N2O3. The van der Waals surface area contributed by atoms with Gasteiger partial charge in [0.2, 0.25) is 5.91 Å². The smallest absolute Gasteiger partial charge is 0.408 e. The van der Waals surface area contributed by atoms with Gasteiger partial charge in [-0.05, 0) is 40.0 Å². The van der Waals surface area contributed by atoms with E-state index in [1.54, 1.807) is 20.8 Å². The van der Waals surface area contributed by atoms with Crippen LogP contribution < -0.4 is 11.1 Å². The van der Waals surface area contributed by atoms with Gasteiger partial charge in [-0.1, -0.05) is 0 Å². The predicted octanol–water partition coefficient (Wildman–Crippen LogP) is 0.919. The van der Waals surface area contributed by atoms with Gasteiger partial charge in [0.05, 0.1) is 0 Å². The molecule has 0 saturated heterocycles. The topological polar surface area (TPSA) is 81.4 Å². The van der Waals surface area contributed by atoms with Crippen LogP contribution in [0.1, 0.15) is 40.0 Å². The highest BCUT2D eigenvalue weighted by molar-refractivity contribution is 5.89. The van der Waals surface area contributed by atoms with Gasteiger partial charge >= 0.3 is 6.09 Å². The molecule has 3 N–H and O–H groups in total. The van der Waals surface area contributed by atoms with Gasteiger partial charge in [0, 0.05) is 0 Å². The summed E-state index contributed by atoms with van der Waals surface area (Å²) in [5, 5.41) is 2.55. The van der Waals surface area contributed by atoms with E-state index in [1.807, 2.05) is 0 Å². The quantitative estimate of drug-likeness (QED) is 0.717. The van der Waals surface area contributed by atoms with Crippen LogP contribution in [0.4, 0.5) is 4.79 Å². The minimum atomic E-state index is -0.873. The summed E-state index contributed by atoms with van der Waals surface area (Å²) in [6.45, 7) is 5.30. The van der Waals surface area contributed by atoms with E-state index in [-0.39, 0.29) is 0 Å². The number of nitrogens with one attached hydrogen (secondary N) is 1. The lowest BCUT2D eigenvalue weighted by Crippen LogP contribution is -2.62. The van der Waals surface area contributed by atoms with E-state index in [0.29, 0.717) is 12.8 Å². The second-order valence-corrected chi connectivity index (χ2v) is 4.93. The molecule has 0 aliphatic heterocycles. The molecule has 86 valence electrons. The first-order valence-electron chi connectivity index (χ1n) is 5.06. The summed E-state index contributed by atoms with van der Waals surface area (Å²) < 4.78 is 5.06. The Labute approximate surface area is 89.3 Å². The first-order chi connectivity index (χ1) is 6.75. The number of amides is 2. The molecule has 0 aromatic rings. The normalized spacial score (nSPS) is 18.9. The highest BCUT2D eigenvalue weighted by Crippen LogP contribution is 2.31. The molecule has 1 fully saturated rings. The summed E-state index contributed by atoms with van der Waals surface area (Å²) in [4.78, 5) is 22.6. The van der Waals surface area contributed by atoms with Gasteiger partial charge in [-0.2, -0.15) is 0 Å². The summed E-state index contributed by atoms with van der Waals surface area (Å²) in [6, 6.07) is 0. The highest BCUT2D eigenvalue weighted by Gasteiger charge is 2.44. The Balaban J connectivity index is 2.54. The number of hydrogen-bond acceptors (Lipinski definition) is 3. The number of carbonyl (C=O) groups excluding carboxylic acids is 2. The van der Waals surface area contributed by atoms with E-state index in [4.69, 9.17) is 10.5 Å². The molecule has 1 aliphatic rings. The van der Waals surface area contributed by atoms with Crippen LogP contribution >= 0.6 is 0 Å². The van der Waals surface area contributed by atoms with Crippen LogP contribution in [0.25, 0.3) is 0 Å². The summed E-state index contributed by atoms with van der Waals surface area (Å²) in [5.41, 5.74) is 3.80. The molecule has 5 nitrogen and oxygen atoms in total. The Morgan fingerprint density at radius 2 is 1.87 bits per heavy atom. The van der Waals surface area contributed by atoms with Gasteiger partial charge in [-0.3, -0.25) is 4.79 Å². The van der Waals surface area contributed by atoms with Crippen molar-refractivity contribution in [1.29, 1.82) is 0 Å². The zero-order chi connectivity index (χ0) is 11.7. The highest BCUT2D eigenvalue weighted by atomic mass is 16.6. The third-order valence-corrected chi connectivity index (χ3v) is 2.42. The zero-order valence-corrected chi connectivity index (χ0v) is 9.42. The molecule has 0 atom stereocenters.